The molecule has 2 radical (unpaired) electrons. The molecule has 2 nitrogen and oxygen atoms in total. The first-order valence-electron chi connectivity index (χ1n) is 7.68. The fraction of sp³-hybridized carbons (Fsp3) is 0.0952. The molecule has 0 saturated carbocycles. The molecule has 2 heteroatoms. The van der Waals surface area contributed by atoms with E-state index in [1.54, 1.807) is 0 Å². The molecule has 0 aliphatic carbocycles. The van der Waals surface area contributed by atoms with Crippen LogP contribution in [0.4, 0.5) is 0 Å². The molecule has 0 heterocycles. The quantitative estimate of drug-likeness (QED) is 0.482. The van der Waals surface area contributed by atoms with Crippen LogP contribution in [0.5, 0.6) is 0 Å². The molecule has 114 valence electrons. The van der Waals surface area contributed by atoms with E-state index in [9.17, 15) is 5.26 Å². The minimum absolute atomic E-state index is 0.540. The van der Waals surface area contributed by atoms with Crippen molar-refractivity contribution in [2.45, 2.75) is 12.5 Å². The van der Waals surface area contributed by atoms with Gasteiger partial charge in [-0.3, -0.25) is 0 Å². The van der Waals surface area contributed by atoms with Gasteiger partial charge in [0.2, 0.25) is 0 Å². The lowest BCUT2D eigenvalue weighted by Crippen LogP contribution is -2.25. The van der Waals surface area contributed by atoms with Crippen molar-refractivity contribution < 1.29 is 10.1 Å². The van der Waals surface area contributed by atoms with Gasteiger partial charge in [-0.05, 0) is 21.9 Å². The lowest BCUT2D eigenvalue weighted by molar-refractivity contribution is -0.329. The Balaban J connectivity index is 1.96. The van der Waals surface area contributed by atoms with Crippen molar-refractivity contribution in [3.63, 3.8) is 0 Å². The summed E-state index contributed by atoms with van der Waals surface area (Å²) < 4.78 is 0. The van der Waals surface area contributed by atoms with Crippen molar-refractivity contribution in [2.75, 3.05) is 0 Å². The number of hydrogen-bond donors (Lipinski definition) is 0. The van der Waals surface area contributed by atoms with E-state index in [-0.39, 0.29) is 0 Å². The summed E-state index contributed by atoms with van der Waals surface area (Å²) >= 11 is 0. The van der Waals surface area contributed by atoms with Crippen molar-refractivity contribution >= 4 is 0 Å². The van der Waals surface area contributed by atoms with E-state index in [1.807, 2.05) is 91.0 Å². The Kier molecular flexibility index (Phi) is 5.20. The van der Waals surface area contributed by atoms with Crippen LogP contribution in [0.3, 0.4) is 0 Å². The molecule has 1 atom stereocenters. The lowest BCUT2D eigenvalue weighted by atomic mass is 9.84. The fourth-order valence-electron chi connectivity index (χ4n) is 2.79. The normalized spacial score (nSPS) is 12.3. The second-order valence-corrected chi connectivity index (χ2v) is 5.42. The van der Waals surface area contributed by atoms with E-state index in [1.165, 1.54) is 0 Å². The third-order valence-corrected chi connectivity index (χ3v) is 3.87. The van der Waals surface area contributed by atoms with Crippen LogP contribution in [0.2, 0.25) is 0 Å². The first-order chi connectivity index (χ1) is 11.4. The predicted molar refractivity (Wildman–Crippen MR) is 90.0 cm³/mol. The molecule has 0 saturated heterocycles. The lowest BCUT2D eigenvalue weighted by Gasteiger charge is -2.24. The Morgan fingerprint density at radius 2 is 1.13 bits per heavy atom. The minimum atomic E-state index is -0.540. The van der Waals surface area contributed by atoms with Gasteiger partial charge in [0.25, 0.3) is 0 Å². The molecule has 0 aliphatic heterocycles. The van der Waals surface area contributed by atoms with Crippen LogP contribution in [-0.2, 0) is 16.6 Å². The summed E-state index contributed by atoms with van der Waals surface area (Å²) in [5.41, 5.74) is 3.10. The van der Waals surface area contributed by atoms with E-state index in [0.717, 1.165) is 22.6 Å². The summed E-state index contributed by atoms with van der Waals surface area (Å²) in [6, 6.07) is 29.8. The van der Waals surface area contributed by atoms with Crippen LogP contribution in [-0.4, -0.2) is 6.10 Å². The van der Waals surface area contributed by atoms with Crippen LogP contribution in [0.1, 0.15) is 16.7 Å². The zero-order valence-corrected chi connectivity index (χ0v) is 12.8. The molecular weight excluding hydrogens is 284 g/mol. The van der Waals surface area contributed by atoms with Gasteiger partial charge in [0.1, 0.15) is 6.10 Å². The standard InChI is InChI=1S/C21H18O2/c22-23-20(16-17-10-4-1-5-11-17)21(18-12-6-2-7-13-18)19-14-8-3-9-15-19/h1-15,20H,16H2. The zero-order chi connectivity index (χ0) is 15.9. The van der Waals surface area contributed by atoms with Gasteiger partial charge in [-0.25, -0.2) is 0 Å². The van der Waals surface area contributed by atoms with Crippen molar-refractivity contribution in [1.29, 1.82) is 0 Å². The van der Waals surface area contributed by atoms with Gasteiger partial charge in [-0.15, -0.1) is 0 Å². The highest BCUT2D eigenvalue weighted by atomic mass is 17.1. The summed E-state index contributed by atoms with van der Waals surface area (Å²) in [7, 11) is 0. The Morgan fingerprint density at radius 3 is 1.57 bits per heavy atom. The van der Waals surface area contributed by atoms with Crippen LogP contribution < -0.4 is 0 Å². The summed E-state index contributed by atoms with van der Waals surface area (Å²) in [5, 5.41) is 11.5. The first-order valence-corrected chi connectivity index (χ1v) is 7.68. The Hall–Kier alpha value is -2.42. The van der Waals surface area contributed by atoms with Crippen LogP contribution in [0.25, 0.3) is 0 Å². The van der Waals surface area contributed by atoms with Gasteiger partial charge in [0.15, 0.2) is 0 Å². The molecule has 0 N–H and O–H groups in total. The topological polar surface area (TPSA) is 29.1 Å². The third-order valence-electron chi connectivity index (χ3n) is 3.87. The van der Waals surface area contributed by atoms with Crippen molar-refractivity contribution in [2.24, 2.45) is 0 Å². The molecule has 3 rings (SSSR count). The van der Waals surface area contributed by atoms with Crippen LogP contribution in [0.15, 0.2) is 91.0 Å². The van der Waals surface area contributed by atoms with Crippen molar-refractivity contribution in [3.8, 4) is 0 Å². The molecule has 0 aliphatic rings. The molecule has 0 amide bonds. The van der Waals surface area contributed by atoms with E-state index in [2.05, 4.69) is 4.89 Å². The zero-order valence-electron chi connectivity index (χ0n) is 12.8. The van der Waals surface area contributed by atoms with Gasteiger partial charge in [-0.2, -0.15) is 4.89 Å². The first kappa shape index (κ1) is 15.5. The highest BCUT2D eigenvalue weighted by molar-refractivity contribution is 5.48. The summed E-state index contributed by atoms with van der Waals surface area (Å²) in [4.78, 5) is 4.64. The number of benzene rings is 3. The van der Waals surface area contributed by atoms with Gasteiger partial charge < -0.3 is 0 Å². The van der Waals surface area contributed by atoms with Crippen molar-refractivity contribution in [3.05, 3.63) is 114 Å². The molecule has 3 aromatic carbocycles. The molecule has 0 spiro atoms. The summed E-state index contributed by atoms with van der Waals surface area (Å²) in [5.74, 6) is 0.921. The van der Waals surface area contributed by atoms with Gasteiger partial charge >= 0.3 is 0 Å². The van der Waals surface area contributed by atoms with Gasteiger partial charge in [-0.1, -0.05) is 91.0 Å². The molecule has 0 bridgehead atoms. The molecular formula is C21H18O2. The van der Waals surface area contributed by atoms with E-state index >= 15 is 0 Å². The summed E-state index contributed by atoms with van der Waals surface area (Å²) in [6.07, 6.45) is 0.00547. The Morgan fingerprint density at radius 1 is 0.696 bits per heavy atom. The largest absolute Gasteiger partial charge is 0.199 e. The maximum Gasteiger partial charge on any atom is 0.115 e. The maximum absolute atomic E-state index is 11.5. The molecule has 0 aromatic heterocycles. The van der Waals surface area contributed by atoms with Gasteiger partial charge in [0.05, 0.1) is 5.92 Å². The maximum atomic E-state index is 11.5. The highest BCUT2D eigenvalue weighted by Gasteiger charge is 2.27. The number of rotatable bonds is 6. The average Bonchev–Trinajstić information content (AvgIpc) is 2.64. The molecule has 3 aromatic rings. The molecule has 0 fully saturated rings. The van der Waals surface area contributed by atoms with Crippen molar-refractivity contribution in [1.82, 2.24) is 0 Å². The summed E-state index contributed by atoms with van der Waals surface area (Å²) in [6.45, 7) is 0. The average molecular weight is 302 g/mol. The van der Waals surface area contributed by atoms with Crippen LogP contribution in [0, 0.1) is 5.92 Å². The monoisotopic (exact) mass is 302 g/mol. The highest BCUT2D eigenvalue weighted by Crippen LogP contribution is 2.30. The van der Waals surface area contributed by atoms with E-state index in [4.69, 9.17) is 0 Å². The third kappa shape index (κ3) is 3.86. The predicted octanol–water partition coefficient (Wildman–Crippen LogP) is 4.63. The second-order valence-electron chi connectivity index (χ2n) is 5.42. The number of hydrogen-bond acceptors (Lipinski definition) is 1. The SMILES string of the molecule is [O]OC(Cc1ccccc1)[C](c1ccccc1)c1ccccc1. The smallest absolute Gasteiger partial charge is 0.115 e. The van der Waals surface area contributed by atoms with Crippen LogP contribution >= 0.6 is 0 Å². The van der Waals surface area contributed by atoms with E-state index < -0.39 is 6.10 Å². The minimum Gasteiger partial charge on any atom is -0.199 e. The second kappa shape index (κ2) is 7.73. The fourth-order valence-corrected chi connectivity index (χ4v) is 2.79. The Labute approximate surface area is 136 Å². The van der Waals surface area contributed by atoms with E-state index in [0.29, 0.717) is 6.42 Å². The Bertz CT molecular complexity index is 656. The molecule has 1 unspecified atom stereocenters. The van der Waals surface area contributed by atoms with Gasteiger partial charge in [0, 0.05) is 6.42 Å². The molecule has 23 heavy (non-hydrogen) atoms.